The lowest BCUT2D eigenvalue weighted by Crippen LogP contribution is -2.42. The van der Waals surface area contributed by atoms with Crippen molar-refractivity contribution in [3.8, 4) is 0 Å². The quantitative estimate of drug-likeness (QED) is 0.608. The van der Waals surface area contributed by atoms with Crippen molar-refractivity contribution in [3.05, 3.63) is 0 Å². The van der Waals surface area contributed by atoms with E-state index in [1.165, 1.54) is 0 Å². The van der Waals surface area contributed by atoms with Gasteiger partial charge in [-0.2, -0.15) is 12.6 Å². The van der Waals surface area contributed by atoms with Crippen LogP contribution >= 0.6 is 12.6 Å². The van der Waals surface area contributed by atoms with E-state index >= 15 is 0 Å². The van der Waals surface area contributed by atoms with Crippen LogP contribution in [0.25, 0.3) is 0 Å². The maximum atomic E-state index is 11.5. The Balaban J connectivity index is 3.79. The first kappa shape index (κ1) is 15.3. The minimum absolute atomic E-state index is 0.0231. The summed E-state index contributed by atoms with van der Waals surface area (Å²) in [5.41, 5.74) is 0. The molecule has 0 saturated carbocycles. The van der Waals surface area contributed by atoms with E-state index in [9.17, 15) is 9.59 Å². The van der Waals surface area contributed by atoms with Crippen LogP contribution in [-0.4, -0.2) is 30.2 Å². The van der Waals surface area contributed by atoms with Gasteiger partial charge in [0.15, 0.2) is 0 Å². The van der Waals surface area contributed by atoms with E-state index < -0.39 is 0 Å². The molecule has 0 aromatic heterocycles. The van der Waals surface area contributed by atoms with Crippen LogP contribution in [0.4, 0.5) is 0 Å². The lowest BCUT2D eigenvalue weighted by atomic mass is 10.1. The number of hydrogen-bond donors (Lipinski definition) is 3. The van der Waals surface area contributed by atoms with Crippen molar-refractivity contribution >= 4 is 24.4 Å². The first-order valence-electron chi connectivity index (χ1n) is 5.57. The summed E-state index contributed by atoms with van der Waals surface area (Å²) in [5, 5.41) is 4.92. The van der Waals surface area contributed by atoms with Gasteiger partial charge in [0.05, 0.1) is 11.8 Å². The van der Waals surface area contributed by atoms with Gasteiger partial charge >= 0.3 is 0 Å². The van der Waals surface area contributed by atoms with Crippen molar-refractivity contribution in [2.24, 2.45) is 11.8 Å². The smallest absolute Gasteiger partial charge is 0.239 e. The van der Waals surface area contributed by atoms with Crippen molar-refractivity contribution in [1.82, 2.24) is 10.6 Å². The third-order valence-electron chi connectivity index (χ3n) is 2.03. The van der Waals surface area contributed by atoms with Gasteiger partial charge in [0.2, 0.25) is 11.8 Å². The molecule has 0 bridgehead atoms. The van der Waals surface area contributed by atoms with Crippen molar-refractivity contribution in [2.45, 2.75) is 32.9 Å². The Kier molecular flexibility index (Phi) is 7.21. The maximum Gasteiger partial charge on any atom is 0.239 e. The normalized spacial score (nSPS) is 12.7. The van der Waals surface area contributed by atoms with E-state index in [1.807, 2.05) is 27.7 Å². The van der Waals surface area contributed by atoms with Crippen LogP contribution < -0.4 is 10.6 Å². The van der Waals surface area contributed by atoms with Crippen LogP contribution in [0.3, 0.4) is 0 Å². The van der Waals surface area contributed by atoms with E-state index in [4.69, 9.17) is 0 Å². The second-order valence-electron chi connectivity index (χ2n) is 4.60. The van der Waals surface area contributed by atoms with E-state index in [-0.39, 0.29) is 29.5 Å². The number of carbonyl (C=O) groups excluding carboxylic acids is 2. The molecule has 0 aliphatic heterocycles. The molecular formula is C11H22N2O2S. The number of thiol groups is 1. The van der Waals surface area contributed by atoms with E-state index in [1.54, 1.807) is 0 Å². The van der Waals surface area contributed by atoms with Gasteiger partial charge in [0, 0.05) is 6.54 Å². The Bertz CT molecular complexity index is 242. The molecule has 1 unspecified atom stereocenters. The fourth-order valence-electron chi connectivity index (χ4n) is 0.955. The van der Waals surface area contributed by atoms with Crippen molar-refractivity contribution in [1.29, 1.82) is 0 Å². The van der Waals surface area contributed by atoms with Gasteiger partial charge in [0.25, 0.3) is 0 Å². The molecule has 0 aliphatic rings. The molecule has 0 radical (unpaired) electrons. The minimum Gasteiger partial charge on any atom is -0.354 e. The summed E-state index contributed by atoms with van der Waals surface area (Å²) in [5.74, 6) is 0.208. The number of hydrogen-bond acceptors (Lipinski definition) is 3. The molecule has 2 N–H and O–H groups in total. The highest BCUT2D eigenvalue weighted by Crippen LogP contribution is 2.07. The number of carbonyl (C=O) groups is 2. The number of nitrogens with one attached hydrogen (secondary N) is 2. The molecule has 0 aromatic carbocycles. The summed E-state index contributed by atoms with van der Waals surface area (Å²) in [7, 11) is 0. The van der Waals surface area contributed by atoms with Gasteiger partial charge in [0.1, 0.15) is 0 Å². The summed E-state index contributed by atoms with van der Waals surface area (Å²) in [6.45, 7) is 8.51. The average molecular weight is 246 g/mol. The standard InChI is InChI=1S/C11H22N2O2S/c1-7(2)5-12-9(14)6-13-11(15)10(16)8(3)4/h7-8,10,16H,5-6H2,1-4H3,(H,12,14)(H,13,15). The van der Waals surface area contributed by atoms with E-state index in [2.05, 4.69) is 23.3 Å². The van der Waals surface area contributed by atoms with Crippen LogP contribution in [0.2, 0.25) is 0 Å². The zero-order valence-electron chi connectivity index (χ0n) is 10.4. The average Bonchev–Trinajstić information content (AvgIpc) is 2.21. The van der Waals surface area contributed by atoms with Crippen LogP contribution in [0.15, 0.2) is 0 Å². The molecule has 94 valence electrons. The summed E-state index contributed by atoms with van der Waals surface area (Å²) in [4.78, 5) is 22.8. The Morgan fingerprint density at radius 1 is 1.12 bits per heavy atom. The van der Waals surface area contributed by atoms with Crippen LogP contribution in [0.1, 0.15) is 27.7 Å². The van der Waals surface area contributed by atoms with Gasteiger partial charge < -0.3 is 10.6 Å². The molecule has 16 heavy (non-hydrogen) atoms. The maximum absolute atomic E-state index is 11.5. The topological polar surface area (TPSA) is 58.2 Å². The van der Waals surface area contributed by atoms with E-state index in [0.29, 0.717) is 12.5 Å². The SMILES string of the molecule is CC(C)CNC(=O)CNC(=O)C(S)C(C)C. The molecular weight excluding hydrogens is 224 g/mol. The van der Waals surface area contributed by atoms with Crippen LogP contribution in [0.5, 0.6) is 0 Å². The highest BCUT2D eigenvalue weighted by molar-refractivity contribution is 7.81. The third kappa shape index (κ3) is 6.71. The van der Waals surface area contributed by atoms with Crippen molar-refractivity contribution < 1.29 is 9.59 Å². The van der Waals surface area contributed by atoms with Crippen molar-refractivity contribution in [2.75, 3.05) is 13.1 Å². The molecule has 0 aliphatic carbocycles. The fraction of sp³-hybridized carbons (Fsp3) is 0.818. The largest absolute Gasteiger partial charge is 0.354 e. The number of rotatable bonds is 6. The molecule has 0 spiro atoms. The third-order valence-corrected chi connectivity index (χ3v) is 2.86. The van der Waals surface area contributed by atoms with Gasteiger partial charge in [-0.3, -0.25) is 9.59 Å². The second kappa shape index (κ2) is 7.54. The molecule has 0 aromatic rings. The monoisotopic (exact) mass is 246 g/mol. The Hall–Kier alpha value is -0.710. The summed E-state index contributed by atoms with van der Waals surface area (Å²) >= 11 is 4.16. The van der Waals surface area contributed by atoms with Crippen LogP contribution in [0, 0.1) is 11.8 Å². The highest BCUT2D eigenvalue weighted by atomic mass is 32.1. The first-order chi connectivity index (χ1) is 7.34. The van der Waals surface area contributed by atoms with Gasteiger partial charge in [-0.15, -0.1) is 0 Å². The fourth-order valence-corrected chi connectivity index (χ4v) is 1.05. The Morgan fingerprint density at radius 3 is 2.12 bits per heavy atom. The van der Waals surface area contributed by atoms with Gasteiger partial charge in [-0.1, -0.05) is 27.7 Å². The van der Waals surface area contributed by atoms with Crippen molar-refractivity contribution in [3.63, 3.8) is 0 Å². The molecule has 5 heteroatoms. The van der Waals surface area contributed by atoms with E-state index in [0.717, 1.165) is 0 Å². The van der Waals surface area contributed by atoms with Gasteiger partial charge in [-0.25, -0.2) is 0 Å². The predicted octanol–water partition coefficient (Wildman–Crippen LogP) is 0.829. The molecule has 2 amide bonds. The van der Waals surface area contributed by atoms with Crippen LogP contribution in [-0.2, 0) is 9.59 Å². The Morgan fingerprint density at radius 2 is 1.69 bits per heavy atom. The summed E-state index contributed by atoms with van der Waals surface area (Å²) in [6, 6.07) is 0. The molecule has 4 nitrogen and oxygen atoms in total. The second-order valence-corrected chi connectivity index (χ2v) is 5.16. The first-order valence-corrected chi connectivity index (χ1v) is 6.08. The summed E-state index contributed by atoms with van der Waals surface area (Å²) < 4.78 is 0. The number of amides is 2. The molecule has 0 fully saturated rings. The highest BCUT2D eigenvalue weighted by Gasteiger charge is 2.17. The van der Waals surface area contributed by atoms with Gasteiger partial charge in [-0.05, 0) is 11.8 Å². The zero-order valence-corrected chi connectivity index (χ0v) is 11.3. The lowest BCUT2D eigenvalue weighted by Gasteiger charge is -2.14. The molecule has 0 saturated heterocycles. The lowest BCUT2D eigenvalue weighted by molar-refractivity contribution is -0.126. The predicted molar refractivity (Wildman–Crippen MR) is 68.5 cm³/mol. The zero-order chi connectivity index (χ0) is 12.7. The molecule has 1 atom stereocenters. The molecule has 0 heterocycles. The molecule has 0 rings (SSSR count). The summed E-state index contributed by atoms with van der Waals surface area (Å²) in [6.07, 6.45) is 0. The minimum atomic E-state index is -0.363. The Labute approximate surface area is 103 Å².